The normalized spacial score (nSPS) is 14.7. The molecule has 1 aromatic rings. The van der Waals surface area contributed by atoms with Crippen LogP contribution in [-0.2, 0) is 0 Å². The Morgan fingerprint density at radius 1 is 1.26 bits per heavy atom. The van der Waals surface area contributed by atoms with E-state index >= 15 is 0 Å². The number of guanidine groups is 1. The maximum atomic E-state index is 6.33. The summed E-state index contributed by atoms with van der Waals surface area (Å²) in [4.78, 5) is 9.02. The van der Waals surface area contributed by atoms with E-state index in [0.717, 1.165) is 44.2 Å². The summed E-state index contributed by atoms with van der Waals surface area (Å²) in [5, 5.41) is 1.35. The molecule has 0 unspecified atom stereocenters. The van der Waals surface area contributed by atoms with Crippen molar-refractivity contribution in [1.29, 1.82) is 0 Å². The van der Waals surface area contributed by atoms with E-state index in [1.54, 1.807) is 0 Å². The zero-order valence-corrected chi connectivity index (χ0v) is 12.9. The van der Waals surface area contributed by atoms with Gasteiger partial charge < -0.3 is 9.80 Å². The third-order valence-electron chi connectivity index (χ3n) is 3.18. The number of benzene rings is 1. The highest BCUT2D eigenvalue weighted by atomic mass is 35.5. The van der Waals surface area contributed by atoms with Gasteiger partial charge in [0.2, 0.25) is 5.96 Å². The van der Waals surface area contributed by atoms with Gasteiger partial charge in [0.05, 0.1) is 22.3 Å². The Balaban J connectivity index is 2.40. The highest BCUT2D eigenvalue weighted by molar-refractivity contribution is 6.40. The average molecular weight is 300 g/mol. The first-order chi connectivity index (χ1) is 9.19. The smallest absolute Gasteiger partial charge is 0.201 e. The fraction of sp³-hybridized carbons (Fsp3) is 0.500. The molecule has 3 nitrogen and oxygen atoms in total. The van der Waals surface area contributed by atoms with Crippen molar-refractivity contribution in [3.63, 3.8) is 0 Å². The lowest BCUT2D eigenvalue weighted by molar-refractivity contribution is 0.474. The van der Waals surface area contributed by atoms with Gasteiger partial charge in [-0.15, -0.1) is 0 Å². The van der Waals surface area contributed by atoms with Crippen molar-refractivity contribution < 1.29 is 0 Å². The van der Waals surface area contributed by atoms with E-state index in [9.17, 15) is 0 Å². The fourth-order valence-corrected chi connectivity index (χ4v) is 2.91. The molecular formula is C14H19Cl2N3. The van der Waals surface area contributed by atoms with Crippen LogP contribution in [0, 0.1) is 0 Å². The predicted octanol–water partition coefficient (Wildman–Crippen LogP) is 3.90. The molecule has 0 aliphatic carbocycles. The molecule has 1 heterocycles. The number of hydrogen-bond acceptors (Lipinski definition) is 3. The van der Waals surface area contributed by atoms with E-state index in [1.165, 1.54) is 0 Å². The van der Waals surface area contributed by atoms with Gasteiger partial charge in [0.1, 0.15) is 0 Å². The number of aliphatic imine (C=N–C) groups is 1. The summed E-state index contributed by atoms with van der Waals surface area (Å²) in [5.41, 5.74) is 0.867. The Morgan fingerprint density at radius 2 is 1.95 bits per heavy atom. The van der Waals surface area contributed by atoms with Crippen LogP contribution in [0.25, 0.3) is 0 Å². The Morgan fingerprint density at radius 3 is 2.53 bits per heavy atom. The number of rotatable bonds is 4. The van der Waals surface area contributed by atoms with E-state index in [-0.39, 0.29) is 0 Å². The maximum absolute atomic E-state index is 6.33. The SMILES string of the molecule is CCCN(C1=NCCN1CC)c1c(Cl)cccc1Cl. The van der Waals surface area contributed by atoms with Gasteiger partial charge >= 0.3 is 0 Å². The molecule has 0 N–H and O–H groups in total. The monoisotopic (exact) mass is 299 g/mol. The summed E-state index contributed by atoms with van der Waals surface area (Å²) < 4.78 is 0. The molecule has 0 fully saturated rings. The lowest BCUT2D eigenvalue weighted by Gasteiger charge is -2.31. The summed E-state index contributed by atoms with van der Waals surface area (Å²) in [6.45, 7) is 7.89. The average Bonchev–Trinajstić information content (AvgIpc) is 2.85. The first-order valence-electron chi connectivity index (χ1n) is 6.70. The van der Waals surface area contributed by atoms with E-state index in [4.69, 9.17) is 23.2 Å². The number of para-hydroxylation sites is 1. The van der Waals surface area contributed by atoms with Gasteiger partial charge in [-0.2, -0.15) is 0 Å². The third-order valence-corrected chi connectivity index (χ3v) is 3.79. The van der Waals surface area contributed by atoms with Crippen molar-refractivity contribution in [1.82, 2.24) is 4.90 Å². The minimum atomic E-state index is 0.673. The summed E-state index contributed by atoms with van der Waals surface area (Å²) >= 11 is 12.7. The number of nitrogens with zero attached hydrogens (tertiary/aromatic N) is 3. The minimum Gasteiger partial charge on any atom is -0.341 e. The van der Waals surface area contributed by atoms with Gasteiger partial charge in [-0.3, -0.25) is 4.99 Å². The molecule has 0 atom stereocenters. The lowest BCUT2D eigenvalue weighted by Crippen LogP contribution is -2.42. The van der Waals surface area contributed by atoms with Gasteiger partial charge in [0, 0.05) is 19.6 Å². The number of hydrogen-bond donors (Lipinski definition) is 0. The fourth-order valence-electron chi connectivity index (χ4n) is 2.31. The molecular weight excluding hydrogens is 281 g/mol. The van der Waals surface area contributed by atoms with Crippen molar-refractivity contribution in [3.05, 3.63) is 28.2 Å². The topological polar surface area (TPSA) is 18.8 Å². The summed E-state index contributed by atoms with van der Waals surface area (Å²) in [6.07, 6.45) is 1.01. The minimum absolute atomic E-state index is 0.673. The molecule has 0 radical (unpaired) electrons. The number of likely N-dealkylation sites (N-methyl/N-ethyl adjacent to an activating group) is 1. The van der Waals surface area contributed by atoms with Crippen molar-refractivity contribution in [3.8, 4) is 0 Å². The second-order valence-corrected chi connectivity index (χ2v) is 5.30. The van der Waals surface area contributed by atoms with Gasteiger partial charge in [0.25, 0.3) is 0 Å². The number of halogens is 2. The summed E-state index contributed by atoms with van der Waals surface area (Å²) in [7, 11) is 0. The van der Waals surface area contributed by atoms with Crippen molar-refractivity contribution in [2.24, 2.45) is 4.99 Å². The third kappa shape index (κ3) is 2.98. The van der Waals surface area contributed by atoms with Crippen LogP contribution < -0.4 is 4.90 Å². The first kappa shape index (κ1) is 14.5. The van der Waals surface area contributed by atoms with Crippen LogP contribution in [0.2, 0.25) is 10.0 Å². The molecule has 0 aromatic heterocycles. The van der Waals surface area contributed by atoms with Gasteiger partial charge in [-0.05, 0) is 25.5 Å². The zero-order chi connectivity index (χ0) is 13.8. The molecule has 1 aliphatic rings. The van der Waals surface area contributed by atoms with Crippen LogP contribution in [0.4, 0.5) is 5.69 Å². The van der Waals surface area contributed by atoms with Crippen LogP contribution >= 0.6 is 23.2 Å². The first-order valence-corrected chi connectivity index (χ1v) is 7.45. The van der Waals surface area contributed by atoms with Crippen molar-refractivity contribution in [2.45, 2.75) is 20.3 Å². The molecule has 0 saturated heterocycles. The zero-order valence-electron chi connectivity index (χ0n) is 11.4. The number of anilines is 1. The van der Waals surface area contributed by atoms with Gasteiger partial charge in [0.15, 0.2) is 0 Å². The van der Waals surface area contributed by atoms with Crippen LogP contribution in [0.5, 0.6) is 0 Å². The van der Waals surface area contributed by atoms with E-state index in [1.807, 2.05) is 18.2 Å². The van der Waals surface area contributed by atoms with Crippen LogP contribution in [0.15, 0.2) is 23.2 Å². The molecule has 1 aliphatic heterocycles. The predicted molar refractivity (Wildman–Crippen MR) is 83.6 cm³/mol. The second-order valence-electron chi connectivity index (χ2n) is 4.48. The molecule has 104 valence electrons. The van der Waals surface area contributed by atoms with E-state index < -0.39 is 0 Å². The Bertz CT molecular complexity index is 454. The molecule has 0 spiro atoms. The van der Waals surface area contributed by atoms with E-state index in [0.29, 0.717) is 10.0 Å². The van der Waals surface area contributed by atoms with Crippen LogP contribution in [-0.4, -0.2) is 37.0 Å². The molecule has 5 heteroatoms. The molecule has 1 aromatic carbocycles. The lowest BCUT2D eigenvalue weighted by atomic mass is 10.2. The standard InChI is InChI=1S/C14H19Cl2N3/c1-3-9-19(14-17-8-10-18(14)4-2)13-11(15)6-5-7-12(13)16/h5-7H,3-4,8-10H2,1-2H3. The highest BCUT2D eigenvalue weighted by Crippen LogP contribution is 2.34. The summed E-state index contributed by atoms with van der Waals surface area (Å²) in [5.74, 6) is 0.986. The molecule has 0 bridgehead atoms. The van der Waals surface area contributed by atoms with Crippen molar-refractivity contribution in [2.75, 3.05) is 31.1 Å². The Labute approximate surface area is 124 Å². The van der Waals surface area contributed by atoms with Crippen LogP contribution in [0.3, 0.4) is 0 Å². The quantitative estimate of drug-likeness (QED) is 0.840. The molecule has 2 rings (SSSR count). The van der Waals surface area contributed by atoms with Gasteiger partial charge in [-0.1, -0.05) is 36.2 Å². The summed E-state index contributed by atoms with van der Waals surface area (Å²) in [6, 6.07) is 5.61. The molecule has 0 amide bonds. The largest absolute Gasteiger partial charge is 0.341 e. The highest BCUT2D eigenvalue weighted by Gasteiger charge is 2.25. The molecule has 19 heavy (non-hydrogen) atoms. The second kappa shape index (κ2) is 6.49. The van der Waals surface area contributed by atoms with E-state index in [2.05, 4.69) is 28.6 Å². The molecule has 0 saturated carbocycles. The van der Waals surface area contributed by atoms with Crippen LogP contribution in [0.1, 0.15) is 20.3 Å². The van der Waals surface area contributed by atoms with Gasteiger partial charge in [-0.25, -0.2) is 0 Å². The van der Waals surface area contributed by atoms with Crippen molar-refractivity contribution >= 4 is 34.8 Å². The maximum Gasteiger partial charge on any atom is 0.201 e. The Kier molecular flexibility index (Phi) is 4.94. The Hall–Kier alpha value is -0.930.